The molecule has 1 aromatic rings. The molecule has 114 valence electrons. The first-order valence-electron chi connectivity index (χ1n) is 7.35. The summed E-state index contributed by atoms with van der Waals surface area (Å²) in [5.74, 6) is 0.467. The molecule has 0 bridgehead atoms. The molecule has 1 N–H and O–H groups in total. The highest BCUT2D eigenvalue weighted by Crippen LogP contribution is 2.34. The maximum atomic E-state index is 12.6. The van der Waals surface area contributed by atoms with E-state index in [2.05, 4.69) is 22.3 Å². The summed E-state index contributed by atoms with van der Waals surface area (Å²) in [6.07, 6.45) is -1.72. The number of rotatable bonds is 3. The number of alkyl halides is 3. The smallest absolute Gasteiger partial charge is 0.384 e. The zero-order chi connectivity index (χ0) is 14.9. The quantitative estimate of drug-likeness (QED) is 0.854. The summed E-state index contributed by atoms with van der Waals surface area (Å²) in [4.78, 5) is 2.11. The van der Waals surface area contributed by atoms with Crippen LogP contribution in [0, 0.1) is 0 Å². The number of hydrogen-bond acceptors (Lipinski definition) is 2. The Bertz CT molecular complexity index is 537. The maximum absolute atomic E-state index is 12.6. The molecule has 1 aromatic carbocycles. The lowest BCUT2D eigenvalue weighted by Gasteiger charge is -2.28. The first-order valence-corrected chi connectivity index (χ1v) is 7.35. The lowest BCUT2D eigenvalue weighted by atomic mass is 9.97. The number of anilines is 1. The molecule has 2 nitrogen and oxygen atoms in total. The summed E-state index contributed by atoms with van der Waals surface area (Å²) < 4.78 is 37.7. The zero-order valence-electron chi connectivity index (χ0n) is 11.8. The van der Waals surface area contributed by atoms with Gasteiger partial charge in [-0.3, -0.25) is 4.90 Å². The molecule has 0 amide bonds. The van der Waals surface area contributed by atoms with Crippen molar-refractivity contribution >= 4 is 5.69 Å². The van der Waals surface area contributed by atoms with Gasteiger partial charge in [0, 0.05) is 36.8 Å². The van der Waals surface area contributed by atoms with E-state index in [-0.39, 0.29) is 12.0 Å². The average molecular weight is 296 g/mol. The summed E-state index contributed by atoms with van der Waals surface area (Å²) in [6, 6.07) is 8.27. The molecular weight excluding hydrogens is 277 g/mol. The number of benzene rings is 1. The molecule has 2 aliphatic rings. The maximum Gasteiger partial charge on any atom is 0.412 e. The molecule has 2 heterocycles. The van der Waals surface area contributed by atoms with Gasteiger partial charge in [0.15, 0.2) is 0 Å². The predicted molar refractivity (Wildman–Crippen MR) is 77.5 cm³/mol. The summed E-state index contributed by atoms with van der Waals surface area (Å²) in [5.41, 5.74) is 2.16. The highest BCUT2D eigenvalue weighted by molar-refractivity contribution is 5.57. The van der Waals surface area contributed by atoms with E-state index in [4.69, 9.17) is 0 Å². The van der Waals surface area contributed by atoms with Crippen LogP contribution in [-0.2, 0) is 0 Å². The number of hydrogen-bond donors (Lipinski definition) is 1. The lowest BCUT2D eigenvalue weighted by Crippen LogP contribution is -2.33. The van der Waals surface area contributed by atoms with Gasteiger partial charge in [0.1, 0.15) is 0 Å². The molecule has 0 aliphatic carbocycles. The van der Waals surface area contributed by atoms with E-state index >= 15 is 0 Å². The molecule has 5 heteroatoms. The van der Waals surface area contributed by atoms with E-state index in [0.29, 0.717) is 19.0 Å². The minimum atomic E-state index is -4.15. The van der Waals surface area contributed by atoms with E-state index in [1.54, 1.807) is 0 Å². The van der Waals surface area contributed by atoms with Gasteiger partial charge in [-0.15, -0.1) is 0 Å². The Balaban J connectivity index is 1.53. The van der Waals surface area contributed by atoms with E-state index < -0.39 is 6.18 Å². The SMILES string of the molecule is FC(F)(F)C1=CCN(CCC2CNc3ccccc32)CC1. The van der Waals surface area contributed by atoms with Gasteiger partial charge in [0.05, 0.1) is 0 Å². The van der Waals surface area contributed by atoms with Crippen LogP contribution in [0.2, 0.25) is 0 Å². The monoisotopic (exact) mass is 296 g/mol. The fraction of sp³-hybridized carbons (Fsp3) is 0.500. The van der Waals surface area contributed by atoms with Crippen LogP contribution in [0.4, 0.5) is 18.9 Å². The van der Waals surface area contributed by atoms with Gasteiger partial charge < -0.3 is 5.32 Å². The van der Waals surface area contributed by atoms with Crippen LogP contribution in [0.5, 0.6) is 0 Å². The fourth-order valence-electron chi connectivity index (χ4n) is 3.12. The molecule has 1 unspecified atom stereocenters. The van der Waals surface area contributed by atoms with Crippen molar-refractivity contribution in [2.24, 2.45) is 0 Å². The number of para-hydroxylation sites is 1. The second-order valence-electron chi connectivity index (χ2n) is 5.73. The number of halogens is 3. The highest BCUT2D eigenvalue weighted by atomic mass is 19.4. The lowest BCUT2D eigenvalue weighted by molar-refractivity contribution is -0.0960. The third kappa shape index (κ3) is 3.23. The van der Waals surface area contributed by atoms with Crippen molar-refractivity contribution in [2.45, 2.75) is 24.9 Å². The number of nitrogens with one attached hydrogen (secondary N) is 1. The van der Waals surface area contributed by atoms with Crippen LogP contribution in [-0.4, -0.2) is 37.3 Å². The standard InChI is InChI=1S/C16H19F3N2/c17-16(18,19)13-6-9-21(10-7-13)8-5-12-11-20-15-4-2-1-3-14(12)15/h1-4,6,12,20H,5,7-11H2. The van der Waals surface area contributed by atoms with Crippen molar-refractivity contribution < 1.29 is 13.2 Å². The molecule has 2 aliphatic heterocycles. The Kier molecular flexibility index (Phi) is 3.93. The Morgan fingerprint density at radius 1 is 1.24 bits per heavy atom. The molecule has 21 heavy (non-hydrogen) atoms. The van der Waals surface area contributed by atoms with Crippen molar-refractivity contribution in [3.05, 3.63) is 41.5 Å². The minimum absolute atomic E-state index is 0.114. The molecule has 0 fully saturated rings. The molecular formula is C16H19F3N2. The van der Waals surface area contributed by atoms with Gasteiger partial charge in [-0.2, -0.15) is 13.2 Å². The summed E-state index contributed by atoms with van der Waals surface area (Å²) >= 11 is 0. The second kappa shape index (κ2) is 5.72. The summed E-state index contributed by atoms with van der Waals surface area (Å²) in [7, 11) is 0. The van der Waals surface area contributed by atoms with Crippen molar-refractivity contribution in [3.63, 3.8) is 0 Å². The van der Waals surface area contributed by atoms with Crippen LogP contribution >= 0.6 is 0 Å². The van der Waals surface area contributed by atoms with Gasteiger partial charge >= 0.3 is 6.18 Å². The van der Waals surface area contributed by atoms with Gasteiger partial charge in [0.2, 0.25) is 0 Å². The first-order chi connectivity index (χ1) is 10.0. The minimum Gasteiger partial charge on any atom is -0.384 e. The van der Waals surface area contributed by atoms with Crippen LogP contribution in [0.3, 0.4) is 0 Å². The molecule has 0 radical (unpaired) electrons. The van der Waals surface area contributed by atoms with E-state index in [1.807, 2.05) is 12.1 Å². The van der Waals surface area contributed by atoms with Crippen molar-refractivity contribution in [2.75, 3.05) is 31.5 Å². The molecule has 3 rings (SSSR count). The largest absolute Gasteiger partial charge is 0.412 e. The van der Waals surface area contributed by atoms with Crippen LogP contribution < -0.4 is 5.32 Å². The van der Waals surface area contributed by atoms with Gasteiger partial charge in [-0.05, 0) is 31.0 Å². The third-order valence-corrected chi connectivity index (χ3v) is 4.39. The molecule has 0 aromatic heterocycles. The Labute approximate surface area is 122 Å². The zero-order valence-corrected chi connectivity index (χ0v) is 11.8. The van der Waals surface area contributed by atoms with Crippen molar-refractivity contribution in [3.8, 4) is 0 Å². The van der Waals surface area contributed by atoms with Gasteiger partial charge in [-0.25, -0.2) is 0 Å². The van der Waals surface area contributed by atoms with Crippen molar-refractivity contribution in [1.82, 2.24) is 4.90 Å². The number of fused-ring (bicyclic) bond motifs is 1. The topological polar surface area (TPSA) is 15.3 Å². The Hall–Kier alpha value is -1.49. The van der Waals surface area contributed by atoms with Crippen LogP contribution in [0.1, 0.15) is 24.3 Å². The van der Waals surface area contributed by atoms with Gasteiger partial charge in [-0.1, -0.05) is 24.3 Å². The van der Waals surface area contributed by atoms with E-state index in [9.17, 15) is 13.2 Å². The van der Waals surface area contributed by atoms with Crippen molar-refractivity contribution in [1.29, 1.82) is 0 Å². The normalized spacial score (nSPS) is 22.6. The molecule has 0 saturated carbocycles. The number of nitrogens with zero attached hydrogens (tertiary/aromatic N) is 1. The molecule has 0 spiro atoms. The fourth-order valence-corrected chi connectivity index (χ4v) is 3.12. The van der Waals surface area contributed by atoms with Crippen LogP contribution in [0.15, 0.2) is 35.9 Å². The molecule has 0 saturated heterocycles. The Morgan fingerprint density at radius 3 is 2.76 bits per heavy atom. The summed E-state index contributed by atoms with van der Waals surface area (Å²) in [6.45, 7) is 2.70. The van der Waals surface area contributed by atoms with Crippen LogP contribution in [0.25, 0.3) is 0 Å². The highest BCUT2D eigenvalue weighted by Gasteiger charge is 2.34. The predicted octanol–water partition coefficient (Wildman–Crippen LogP) is 3.78. The third-order valence-electron chi connectivity index (χ3n) is 4.39. The average Bonchev–Trinajstić information content (AvgIpc) is 2.88. The second-order valence-corrected chi connectivity index (χ2v) is 5.73. The van der Waals surface area contributed by atoms with E-state index in [0.717, 1.165) is 19.5 Å². The molecule has 1 atom stereocenters. The summed E-state index contributed by atoms with van der Waals surface area (Å²) in [5, 5.41) is 3.39. The van der Waals surface area contributed by atoms with Gasteiger partial charge in [0.25, 0.3) is 0 Å². The first kappa shape index (κ1) is 14.4. The van der Waals surface area contributed by atoms with E-state index in [1.165, 1.54) is 17.3 Å². The Morgan fingerprint density at radius 2 is 2.05 bits per heavy atom.